The minimum absolute atomic E-state index is 0. The Balaban J connectivity index is -0.000000122. The maximum atomic E-state index is 9.85. The molecule has 9 heteroatoms. The zero-order chi connectivity index (χ0) is 28.5. The van der Waals surface area contributed by atoms with Crippen molar-refractivity contribution in [1.82, 2.24) is 0 Å². The van der Waals surface area contributed by atoms with Gasteiger partial charge in [0.05, 0.1) is 0 Å². The van der Waals surface area contributed by atoms with Gasteiger partial charge in [-0.1, -0.05) is 105 Å². The van der Waals surface area contributed by atoms with E-state index in [0.29, 0.717) is 0 Å². The first-order chi connectivity index (χ1) is 17.1. The SMILES string of the molecule is CCCCCCC(=O)[O-].CCCCCCC(=O)[O-].CCCCCCC(=O)[O-].CCCCCCC(=O)[O-].[U+4]. The molecule has 0 amide bonds. The monoisotopic (exact) mass is 754 g/mol. The van der Waals surface area contributed by atoms with Crippen molar-refractivity contribution >= 4 is 23.9 Å². The quantitative estimate of drug-likeness (QED) is 0.172. The van der Waals surface area contributed by atoms with Gasteiger partial charge in [0, 0.05) is 23.9 Å². The summed E-state index contributed by atoms with van der Waals surface area (Å²) in [4.78, 5) is 39.4. The summed E-state index contributed by atoms with van der Waals surface area (Å²) in [7, 11) is 0. The zero-order valence-electron chi connectivity index (χ0n) is 23.9. The molecule has 8 nitrogen and oxygen atoms in total. The molecular weight excluding hydrogens is 702 g/mol. The van der Waals surface area contributed by atoms with Gasteiger partial charge in [-0.3, -0.25) is 0 Å². The van der Waals surface area contributed by atoms with Gasteiger partial charge in [0.2, 0.25) is 0 Å². The molecule has 0 spiro atoms. The number of carboxylic acid groups (broad SMARTS) is 4. The molecule has 0 aromatic rings. The van der Waals surface area contributed by atoms with Crippen LogP contribution in [0.3, 0.4) is 0 Å². The van der Waals surface area contributed by atoms with Crippen LogP contribution in [0, 0.1) is 31.1 Å². The van der Waals surface area contributed by atoms with E-state index in [1.165, 1.54) is 0 Å². The topological polar surface area (TPSA) is 161 Å². The maximum Gasteiger partial charge on any atom is 4.00 e. The second-order valence-electron chi connectivity index (χ2n) is 8.73. The van der Waals surface area contributed by atoms with Crippen LogP contribution in [0.4, 0.5) is 0 Å². The van der Waals surface area contributed by atoms with Crippen molar-refractivity contribution in [2.24, 2.45) is 0 Å². The van der Waals surface area contributed by atoms with E-state index < -0.39 is 23.9 Å². The standard InChI is InChI=1S/4C7H14O2.U/c4*1-2-3-4-5-6-7(8)9;/h4*2-6H2,1H3,(H,8,9);/q;;;;+4/p-4. The first-order valence-electron chi connectivity index (χ1n) is 13.9. The Morgan fingerprint density at radius 3 is 0.622 bits per heavy atom. The van der Waals surface area contributed by atoms with Crippen LogP contribution in [-0.2, 0) is 19.2 Å². The molecule has 0 aromatic heterocycles. The van der Waals surface area contributed by atoms with Crippen LogP contribution >= 0.6 is 0 Å². The van der Waals surface area contributed by atoms with Crippen LogP contribution in [0.5, 0.6) is 0 Å². The summed E-state index contributed by atoms with van der Waals surface area (Å²) in [6.07, 6.45) is 17.2. The van der Waals surface area contributed by atoms with Crippen molar-refractivity contribution in [2.75, 3.05) is 0 Å². The number of carbonyl (C=O) groups is 4. The van der Waals surface area contributed by atoms with Crippen LogP contribution < -0.4 is 20.4 Å². The first-order valence-corrected chi connectivity index (χ1v) is 13.9. The predicted molar refractivity (Wildman–Crippen MR) is 135 cm³/mol. The van der Waals surface area contributed by atoms with Gasteiger partial charge >= 0.3 is 31.1 Å². The summed E-state index contributed by atoms with van der Waals surface area (Å²) < 4.78 is 0. The normalized spacial score (nSPS) is 9.19. The molecule has 0 unspecified atom stereocenters. The molecule has 0 aliphatic rings. The average Bonchev–Trinajstić information content (AvgIpc) is 2.81. The Morgan fingerprint density at radius 1 is 0.351 bits per heavy atom. The van der Waals surface area contributed by atoms with Gasteiger partial charge in [0.25, 0.3) is 0 Å². The largest absolute Gasteiger partial charge is 4.00 e. The molecule has 0 bridgehead atoms. The van der Waals surface area contributed by atoms with Crippen LogP contribution in [0.1, 0.15) is 156 Å². The third-order valence-electron chi connectivity index (χ3n) is 4.94. The Labute approximate surface area is 249 Å². The van der Waals surface area contributed by atoms with Crippen molar-refractivity contribution in [3.8, 4) is 0 Å². The maximum absolute atomic E-state index is 9.85. The molecule has 37 heavy (non-hydrogen) atoms. The van der Waals surface area contributed by atoms with Crippen molar-refractivity contribution in [3.63, 3.8) is 0 Å². The van der Waals surface area contributed by atoms with Crippen LogP contribution in [0.15, 0.2) is 0 Å². The number of unbranched alkanes of at least 4 members (excludes halogenated alkanes) is 12. The summed E-state index contributed by atoms with van der Waals surface area (Å²) in [6.45, 7) is 8.38. The fourth-order valence-electron chi connectivity index (χ4n) is 2.78. The molecule has 0 aromatic carbocycles. The van der Waals surface area contributed by atoms with E-state index in [4.69, 9.17) is 0 Å². The number of aliphatic carboxylic acids is 4. The summed E-state index contributed by atoms with van der Waals surface area (Å²) in [5.74, 6) is -3.70. The molecule has 0 saturated heterocycles. The van der Waals surface area contributed by atoms with Gasteiger partial charge in [-0.15, -0.1) is 0 Å². The molecule has 0 rings (SSSR count). The van der Waals surface area contributed by atoms with Crippen LogP contribution in [0.2, 0.25) is 0 Å². The Bertz CT molecular complexity index is 411. The Kier molecular flexibility index (Phi) is 52.1. The average molecular weight is 755 g/mol. The van der Waals surface area contributed by atoms with Crippen molar-refractivity contribution in [3.05, 3.63) is 0 Å². The molecule has 0 saturated carbocycles. The second-order valence-corrected chi connectivity index (χ2v) is 8.73. The van der Waals surface area contributed by atoms with E-state index in [0.717, 1.165) is 103 Å². The van der Waals surface area contributed by atoms with Crippen molar-refractivity contribution < 1.29 is 70.7 Å². The van der Waals surface area contributed by atoms with E-state index in [1.807, 2.05) is 0 Å². The van der Waals surface area contributed by atoms with Crippen molar-refractivity contribution in [1.29, 1.82) is 0 Å². The molecule has 0 aliphatic heterocycles. The van der Waals surface area contributed by atoms with Gasteiger partial charge in [-0.2, -0.15) is 0 Å². The van der Waals surface area contributed by atoms with Gasteiger partial charge in [-0.25, -0.2) is 0 Å². The molecule has 0 aliphatic carbocycles. The fourth-order valence-corrected chi connectivity index (χ4v) is 2.78. The Morgan fingerprint density at radius 2 is 0.514 bits per heavy atom. The van der Waals surface area contributed by atoms with Gasteiger partial charge in [-0.05, 0) is 51.4 Å². The minimum Gasteiger partial charge on any atom is -0.550 e. The third-order valence-corrected chi connectivity index (χ3v) is 4.94. The van der Waals surface area contributed by atoms with E-state index in [2.05, 4.69) is 27.7 Å². The molecule has 0 N–H and O–H groups in total. The smallest absolute Gasteiger partial charge is 0.550 e. The zero-order valence-corrected chi connectivity index (χ0v) is 28.1. The van der Waals surface area contributed by atoms with E-state index in [9.17, 15) is 39.6 Å². The van der Waals surface area contributed by atoms with Gasteiger partial charge in [0.15, 0.2) is 0 Å². The summed E-state index contributed by atoms with van der Waals surface area (Å²) in [6, 6.07) is 0. The molecule has 0 atom stereocenters. The Hall–Kier alpha value is -1.07. The van der Waals surface area contributed by atoms with Gasteiger partial charge in [0.1, 0.15) is 0 Å². The number of rotatable bonds is 20. The molecule has 216 valence electrons. The first kappa shape index (κ1) is 45.8. The fraction of sp³-hybridized carbons (Fsp3) is 0.857. The number of carbonyl (C=O) groups excluding carboxylic acids is 4. The van der Waals surface area contributed by atoms with E-state index in [1.54, 1.807) is 0 Å². The summed E-state index contributed by atoms with van der Waals surface area (Å²) >= 11 is 0. The van der Waals surface area contributed by atoms with E-state index >= 15 is 0 Å². The van der Waals surface area contributed by atoms with Crippen molar-refractivity contribution in [2.45, 2.75) is 156 Å². The molecule has 0 radical (unpaired) electrons. The predicted octanol–water partition coefficient (Wildman–Crippen LogP) is 2.83. The second kappa shape index (κ2) is 42.0. The minimum atomic E-state index is -0.925. The number of hydrogen-bond donors (Lipinski definition) is 0. The molecule has 0 fully saturated rings. The molecule has 0 heterocycles. The number of hydrogen-bond acceptors (Lipinski definition) is 8. The van der Waals surface area contributed by atoms with Crippen LogP contribution in [-0.4, -0.2) is 23.9 Å². The number of carboxylic acids is 4. The molecular formula is C28H52O8U. The van der Waals surface area contributed by atoms with Gasteiger partial charge < -0.3 is 39.6 Å². The van der Waals surface area contributed by atoms with E-state index in [-0.39, 0.29) is 56.8 Å². The summed E-state index contributed by atoms with van der Waals surface area (Å²) in [5.41, 5.74) is 0. The summed E-state index contributed by atoms with van der Waals surface area (Å²) in [5, 5.41) is 39.4. The van der Waals surface area contributed by atoms with Crippen LogP contribution in [0.25, 0.3) is 0 Å². The third kappa shape index (κ3) is 72.0.